The Bertz CT molecular complexity index is 404. The molecular formula is C12H17N5. The molecule has 2 heterocycles. The maximum absolute atomic E-state index is 8.51. The number of aromatic nitrogens is 2. The molecule has 1 N–H and O–H groups in total. The Morgan fingerprint density at radius 1 is 1.47 bits per heavy atom. The number of hydrogen-bond acceptors (Lipinski definition) is 5. The van der Waals surface area contributed by atoms with Gasteiger partial charge in [-0.25, -0.2) is 9.97 Å². The van der Waals surface area contributed by atoms with Gasteiger partial charge in [0.2, 0.25) is 0 Å². The Hall–Kier alpha value is -1.83. The summed E-state index contributed by atoms with van der Waals surface area (Å²) in [6.07, 6.45) is 3.98. The van der Waals surface area contributed by atoms with E-state index in [9.17, 15) is 0 Å². The van der Waals surface area contributed by atoms with Gasteiger partial charge in [-0.2, -0.15) is 5.26 Å². The fourth-order valence-corrected chi connectivity index (χ4v) is 1.98. The summed E-state index contributed by atoms with van der Waals surface area (Å²) in [7, 11) is 0. The van der Waals surface area contributed by atoms with Crippen molar-refractivity contribution in [2.75, 3.05) is 29.9 Å². The fraction of sp³-hybridized carbons (Fsp3) is 0.583. The SMILES string of the molecule is CC1CCN(c2cc(NCC#N)ncn2)CC1. The molecule has 0 atom stereocenters. The van der Waals surface area contributed by atoms with Crippen molar-refractivity contribution in [2.45, 2.75) is 19.8 Å². The van der Waals surface area contributed by atoms with E-state index < -0.39 is 0 Å². The van der Waals surface area contributed by atoms with Crippen LogP contribution in [0.1, 0.15) is 19.8 Å². The Balaban J connectivity index is 2.03. The molecule has 0 amide bonds. The zero-order valence-corrected chi connectivity index (χ0v) is 10.1. The van der Waals surface area contributed by atoms with Crippen molar-refractivity contribution in [1.82, 2.24) is 9.97 Å². The van der Waals surface area contributed by atoms with Gasteiger partial charge in [-0.3, -0.25) is 0 Å². The highest BCUT2D eigenvalue weighted by atomic mass is 15.2. The van der Waals surface area contributed by atoms with Gasteiger partial charge in [0.1, 0.15) is 24.5 Å². The molecule has 0 aliphatic carbocycles. The third-order valence-corrected chi connectivity index (χ3v) is 3.11. The highest BCUT2D eigenvalue weighted by molar-refractivity contribution is 5.48. The lowest BCUT2D eigenvalue weighted by Crippen LogP contribution is -2.33. The molecule has 0 saturated carbocycles. The van der Waals surface area contributed by atoms with Crippen molar-refractivity contribution in [1.29, 1.82) is 5.26 Å². The van der Waals surface area contributed by atoms with Crippen molar-refractivity contribution in [3.63, 3.8) is 0 Å². The Morgan fingerprint density at radius 3 is 2.94 bits per heavy atom. The molecule has 1 fully saturated rings. The number of rotatable bonds is 3. The van der Waals surface area contributed by atoms with Crippen molar-refractivity contribution in [3.8, 4) is 6.07 Å². The Kier molecular flexibility index (Phi) is 3.76. The first-order chi connectivity index (χ1) is 8.29. The third-order valence-electron chi connectivity index (χ3n) is 3.11. The summed E-state index contributed by atoms with van der Waals surface area (Å²) in [6, 6.07) is 3.95. The topological polar surface area (TPSA) is 64.8 Å². The van der Waals surface area contributed by atoms with Crippen LogP contribution in [0.3, 0.4) is 0 Å². The van der Waals surface area contributed by atoms with Gasteiger partial charge in [-0.1, -0.05) is 6.92 Å². The first kappa shape index (κ1) is 11.6. The number of nitrogens with one attached hydrogen (secondary N) is 1. The van der Waals surface area contributed by atoms with Crippen LogP contribution >= 0.6 is 0 Å². The summed E-state index contributed by atoms with van der Waals surface area (Å²) in [5, 5.41) is 11.5. The van der Waals surface area contributed by atoms with E-state index in [1.807, 2.05) is 12.1 Å². The average Bonchev–Trinajstić information content (AvgIpc) is 2.37. The predicted octanol–water partition coefficient (Wildman–Crippen LogP) is 1.65. The quantitative estimate of drug-likeness (QED) is 0.801. The molecule has 1 aliphatic rings. The molecule has 5 nitrogen and oxygen atoms in total. The number of hydrogen-bond donors (Lipinski definition) is 1. The second-order valence-corrected chi connectivity index (χ2v) is 4.44. The standard InChI is InChI=1S/C12H17N5/c1-10-2-6-17(7-3-10)12-8-11(14-5-4-13)15-9-16-12/h8-10H,2-3,5-7H2,1H3,(H,14,15,16). The van der Waals surface area contributed by atoms with Crippen LogP contribution in [0.2, 0.25) is 0 Å². The number of nitriles is 1. The van der Waals surface area contributed by atoms with Crippen molar-refractivity contribution < 1.29 is 0 Å². The zero-order chi connectivity index (χ0) is 12.1. The van der Waals surface area contributed by atoms with Crippen LogP contribution in [0.5, 0.6) is 0 Å². The second-order valence-electron chi connectivity index (χ2n) is 4.44. The number of anilines is 2. The first-order valence-corrected chi connectivity index (χ1v) is 5.97. The first-order valence-electron chi connectivity index (χ1n) is 5.97. The molecule has 1 saturated heterocycles. The molecule has 1 aromatic heterocycles. The normalized spacial score (nSPS) is 16.6. The molecule has 90 valence electrons. The van der Waals surface area contributed by atoms with Crippen LogP contribution < -0.4 is 10.2 Å². The van der Waals surface area contributed by atoms with Gasteiger partial charge < -0.3 is 10.2 Å². The van der Waals surface area contributed by atoms with E-state index in [1.165, 1.54) is 12.8 Å². The Labute approximate surface area is 101 Å². The monoisotopic (exact) mass is 231 g/mol. The number of piperidine rings is 1. The van der Waals surface area contributed by atoms with Crippen molar-refractivity contribution in [3.05, 3.63) is 12.4 Å². The maximum atomic E-state index is 8.51. The largest absolute Gasteiger partial charge is 0.357 e. The predicted molar refractivity (Wildman–Crippen MR) is 66.7 cm³/mol. The molecule has 5 heteroatoms. The lowest BCUT2D eigenvalue weighted by Gasteiger charge is -2.31. The van der Waals surface area contributed by atoms with Crippen molar-refractivity contribution in [2.24, 2.45) is 5.92 Å². The molecule has 17 heavy (non-hydrogen) atoms. The molecule has 1 aromatic rings. The summed E-state index contributed by atoms with van der Waals surface area (Å²) >= 11 is 0. The van der Waals surface area contributed by atoms with E-state index in [2.05, 4.69) is 27.1 Å². The van der Waals surface area contributed by atoms with Gasteiger partial charge >= 0.3 is 0 Å². The van der Waals surface area contributed by atoms with E-state index in [0.717, 1.165) is 30.6 Å². The van der Waals surface area contributed by atoms with Gasteiger partial charge in [0.25, 0.3) is 0 Å². The van der Waals surface area contributed by atoms with Gasteiger partial charge in [0, 0.05) is 19.2 Å². The van der Waals surface area contributed by atoms with Crippen molar-refractivity contribution >= 4 is 11.6 Å². The molecule has 0 spiro atoms. The zero-order valence-electron chi connectivity index (χ0n) is 10.1. The minimum Gasteiger partial charge on any atom is -0.357 e. The second kappa shape index (κ2) is 5.48. The summed E-state index contributed by atoms with van der Waals surface area (Å²) in [5.41, 5.74) is 0. The lowest BCUT2D eigenvalue weighted by molar-refractivity contribution is 0.436. The van der Waals surface area contributed by atoms with Gasteiger partial charge in [-0.05, 0) is 18.8 Å². The summed E-state index contributed by atoms with van der Waals surface area (Å²) in [4.78, 5) is 10.7. The average molecular weight is 231 g/mol. The summed E-state index contributed by atoms with van der Waals surface area (Å²) in [5.74, 6) is 2.48. The highest BCUT2D eigenvalue weighted by Crippen LogP contribution is 2.22. The van der Waals surface area contributed by atoms with Crippen LogP contribution in [0.4, 0.5) is 11.6 Å². The van der Waals surface area contributed by atoms with Crippen LogP contribution in [-0.2, 0) is 0 Å². The van der Waals surface area contributed by atoms with E-state index in [4.69, 9.17) is 5.26 Å². The molecule has 0 radical (unpaired) electrons. The minimum atomic E-state index is 0.271. The van der Waals surface area contributed by atoms with E-state index in [0.29, 0.717) is 0 Å². The number of nitrogens with zero attached hydrogens (tertiary/aromatic N) is 4. The molecule has 0 unspecified atom stereocenters. The molecule has 0 aromatic carbocycles. The van der Waals surface area contributed by atoms with Crippen LogP contribution in [0.25, 0.3) is 0 Å². The highest BCUT2D eigenvalue weighted by Gasteiger charge is 2.17. The van der Waals surface area contributed by atoms with E-state index >= 15 is 0 Å². The lowest BCUT2D eigenvalue weighted by atomic mass is 9.99. The van der Waals surface area contributed by atoms with Crippen LogP contribution in [-0.4, -0.2) is 29.6 Å². The molecule has 1 aliphatic heterocycles. The summed E-state index contributed by atoms with van der Waals surface area (Å²) in [6.45, 7) is 4.66. The fourth-order valence-electron chi connectivity index (χ4n) is 1.98. The maximum Gasteiger partial charge on any atom is 0.134 e. The smallest absolute Gasteiger partial charge is 0.134 e. The minimum absolute atomic E-state index is 0.271. The van der Waals surface area contributed by atoms with Crippen LogP contribution in [0, 0.1) is 17.2 Å². The molecule has 0 bridgehead atoms. The molecule has 2 rings (SSSR count). The Morgan fingerprint density at radius 2 is 2.24 bits per heavy atom. The molecular weight excluding hydrogens is 214 g/mol. The summed E-state index contributed by atoms with van der Waals surface area (Å²) < 4.78 is 0. The van der Waals surface area contributed by atoms with Gasteiger partial charge in [-0.15, -0.1) is 0 Å². The van der Waals surface area contributed by atoms with Gasteiger partial charge in [0.05, 0.1) is 6.07 Å². The van der Waals surface area contributed by atoms with Gasteiger partial charge in [0.15, 0.2) is 0 Å². The third kappa shape index (κ3) is 3.06. The van der Waals surface area contributed by atoms with Crippen LogP contribution in [0.15, 0.2) is 12.4 Å². The van der Waals surface area contributed by atoms with E-state index in [-0.39, 0.29) is 6.54 Å². The van der Waals surface area contributed by atoms with E-state index in [1.54, 1.807) is 6.33 Å².